The van der Waals surface area contributed by atoms with Crippen molar-refractivity contribution in [3.63, 3.8) is 0 Å². The van der Waals surface area contributed by atoms with E-state index in [0.29, 0.717) is 16.9 Å². The van der Waals surface area contributed by atoms with E-state index >= 15 is 0 Å². The first kappa shape index (κ1) is 14.0. The van der Waals surface area contributed by atoms with E-state index < -0.39 is 0 Å². The first-order chi connectivity index (χ1) is 8.27. The summed E-state index contributed by atoms with van der Waals surface area (Å²) in [6.07, 6.45) is 3.47. The van der Waals surface area contributed by atoms with Crippen molar-refractivity contribution in [1.82, 2.24) is 9.97 Å². The molecule has 0 amide bonds. The van der Waals surface area contributed by atoms with Gasteiger partial charge in [-0.1, -0.05) is 18.5 Å². The number of halogens is 1. The standard InChI is InChI=1S/C11H18ClN3O2/c1-3-6-17-7-4-5-13-10-9(12)8-14-11(15-10)16-2/h8H,3-7H2,1-2H3,(H,13,14,15). The Labute approximate surface area is 107 Å². The second-order valence-corrected chi connectivity index (χ2v) is 3.85. The molecule has 0 spiro atoms. The number of hydrogen-bond acceptors (Lipinski definition) is 5. The fourth-order valence-electron chi connectivity index (χ4n) is 1.20. The van der Waals surface area contributed by atoms with Crippen LogP contribution in [0.5, 0.6) is 6.01 Å². The van der Waals surface area contributed by atoms with Crippen LogP contribution in [0.2, 0.25) is 5.02 Å². The Morgan fingerprint density at radius 1 is 1.41 bits per heavy atom. The molecule has 0 aliphatic rings. The molecular weight excluding hydrogens is 242 g/mol. The van der Waals surface area contributed by atoms with Crippen molar-refractivity contribution in [2.24, 2.45) is 0 Å². The van der Waals surface area contributed by atoms with Gasteiger partial charge in [0.2, 0.25) is 0 Å². The van der Waals surface area contributed by atoms with Crippen LogP contribution in [-0.2, 0) is 4.74 Å². The molecule has 0 aliphatic heterocycles. The molecule has 0 atom stereocenters. The van der Waals surface area contributed by atoms with Gasteiger partial charge in [0.05, 0.1) is 13.3 Å². The molecule has 0 bridgehead atoms. The molecule has 6 heteroatoms. The maximum absolute atomic E-state index is 5.94. The van der Waals surface area contributed by atoms with Gasteiger partial charge in [0.25, 0.3) is 0 Å². The monoisotopic (exact) mass is 259 g/mol. The van der Waals surface area contributed by atoms with Crippen molar-refractivity contribution in [3.05, 3.63) is 11.2 Å². The second-order valence-electron chi connectivity index (χ2n) is 3.45. The Morgan fingerprint density at radius 3 is 2.94 bits per heavy atom. The second kappa shape index (κ2) is 8.08. The van der Waals surface area contributed by atoms with Gasteiger partial charge in [-0.2, -0.15) is 4.98 Å². The highest BCUT2D eigenvalue weighted by atomic mass is 35.5. The van der Waals surface area contributed by atoms with E-state index in [1.54, 1.807) is 0 Å². The van der Waals surface area contributed by atoms with E-state index in [1.807, 2.05) is 0 Å². The number of ether oxygens (including phenoxy) is 2. The Balaban J connectivity index is 2.30. The maximum atomic E-state index is 5.94. The zero-order valence-electron chi connectivity index (χ0n) is 10.2. The number of nitrogens with zero attached hydrogens (tertiary/aromatic N) is 2. The molecular formula is C11H18ClN3O2. The summed E-state index contributed by atoms with van der Waals surface area (Å²) >= 11 is 5.94. The normalized spacial score (nSPS) is 10.3. The summed E-state index contributed by atoms with van der Waals surface area (Å²) in [7, 11) is 1.52. The third kappa shape index (κ3) is 5.19. The molecule has 1 rings (SSSR count). The largest absolute Gasteiger partial charge is 0.467 e. The van der Waals surface area contributed by atoms with Crippen LogP contribution in [0.3, 0.4) is 0 Å². The third-order valence-corrected chi connectivity index (χ3v) is 2.29. The van der Waals surface area contributed by atoms with E-state index in [0.717, 1.165) is 32.6 Å². The van der Waals surface area contributed by atoms with E-state index in [-0.39, 0.29) is 0 Å². The number of aromatic nitrogens is 2. The Kier molecular flexibility index (Phi) is 6.65. The molecule has 1 N–H and O–H groups in total. The highest BCUT2D eigenvalue weighted by Gasteiger charge is 2.04. The lowest BCUT2D eigenvalue weighted by Crippen LogP contribution is -2.08. The van der Waals surface area contributed by atoms with Crippen LogP contribution in [0.25, 0.3) is 0 Å². The molecule has 0 unspecified atom stereocenters. The van der Waals surface area contributed by atoms with Gasteiger partial charge in [0, 0.05) is 19.8 Å². The van der Waals surface area contributed by atoms with Gasteiger partial charge >= 0.3 is 6.01 Å². The molecule has 17 heavy (non-hydrogen) atoms. The molecule has 0 saturated carbocycles. The van der Waals surface area contributed by atoms with Gasteiger partial charge in [-0.05, 0) is 12.8 Å². The van der Waals surface area contributed by atoms with Gasteiger partial charge in [0.1, 0.15) is 5.02 Å². The van der Waals surface area contributed by atoms with Crippen molar-refractivity contribution < 1.29 is 9.47 Å². The summed E-state index contributed by atoms with van der Waals surface area (Å²) < 4.78 is 10.3. The molecule has 0 aliphatic carbocycles. The van der Waals surface area contributed by atoms with E-state index in [9.17, 15) is 0 Å². The number of methoxy groups -OCH3 is 1. The van der Waals surface area contributed by atoms with Crippen molar-refractivity contribution in [3.8, 4) is 6.01 Å². The smallest absolute Gasteiger partial charge is 0.318 e. The molecule has 96 valence electrons. The van der Waals surface area contributed by atoms with Crippen molar-refractivity contribution in [1.29, 1.82) is 0 Å². The number of rotatable bonds is 8. The Morgan fingerprint density at radius 2 is 2.24 bits per heavy atom. The molecule has 0 saturated heterocycles. The van der Waals surface area contributed by atoms with Gasteiger partial charge < -0.3 is 14.8 Å². The number of anilines is 1. The van der Waals surface area contributed by atoms with Crippen LogP contribution in [0.4, 0.5) is 5.82 Å². The van der Waals surface area contributed by atoms with Crippen LogP contribution in [0, 0.1) is 0 Å². The first-order valence-electron chi connectivity index (χ1n) is 5.66. The highest BCUT2D eigenvalue weighted by Crippen LogP contribution is 2.19. The minimum Gasteiger partial charge on any atom is -0.467 e. The number of nitrogens with one attached hydrogen (secondary N) is 1. The SMILES string of the molecule is CCCOCCCNc1nc(OC)ncc1Cl. The van der Waals surface area contributed by atoms with Crippen LogP contribution >= 0.6 is 11.6 Å². The highest BCUT2D eigenvalue weighted by molar-refractivity contribution is 6.32. The summed E-state index contributed by atoms with van der Waals surface area (Å²) in [5, 5.41) is 3.61. The van der Waals surface area contributed by atoms with E-state index in [4.69, 9.17) is 21.1 Å². The van der Waals surface area contributed by atoms with E-state index in [1.165, 1.54) is 13.3 Å². The fraction of sp³-hybridized carbons (Fsp3) is 0.636. The molecule has 5 nitrogen and oxygen atoms in total. The van der Waals surface area contributed by atoms with Gasteiger partial charge in [-0.3, -0.25) is 0 Å². The van der Waals surface area contributed by atoms with Crippen LogP contribution in [0.1, 0.15) is 19.8 Å². The Bertz CT molecular complexity index is 336. The summed E-state index contributed by atoms with van der Waals surface area (Å²) in [4.78, 5) is 8.00. The quantitative estimate of drug-likeness (QED) is 0.727. The zero-order chi connectivity index (χ0) is 12.5. The molecule has 0 aromatic carbocycles. The van der Waals surface area contributed by atoms with E-state index in [2.05, 4.69) is 22.2 Å². The van der Waals surface area contributed by atoms with Crippen LogP contribution in [-0.4, -0.2) is 36.8 Å². The molecule has 1 aromatic heterocycles. The first-order valence-corrected chi connectivity index (χ1v) is 6.04. The summed E-state index contributed by atoms with van der Waals surface area (Å²) in [5.74, 6) is 0.592. The van der Waals surface area contributed by atoms with Gasteiger partial charge in [-0.25, -0.2) is 4.98 Å². The topological polar surface area (TPSA) is 56.3 Å². The maximum Gasteiger partial charge on any atom is 0.318 e. The minimum atomic E-state index is 0.305. The molecule has 1 heterocycles. The zero-order valence-corrected chi connectivity index (χ0v) is 11.0. The lowest BCUT2D eigenvalue weighted by molar-refractivity contribution is 0.134. The molecule has 1 aromatic rings. The summed E-state index contributed by atoms with van der Waals surface area (Å²) in [6, 6.07) is 0.305. The lowest BCUT2D eigenvalue weighted by Gasteiger charge is -2.08. The van der Waals surface area contributed by atoms with Crippen molar-refractivity contribution in [2.45, 2.75) is 19.8 Å². The molecule has 0 radical (unpaired) electrons. The fourth-order valence-corrected chi connectivity index (χ4v) is 1.36. The lowest BCUT2D eigenvalue weighted by atomic mass is 10.4. The van der Waals surface area contributed by atoms with Gasteiger partial charge in [0.15, 0.2) is 5.82 Å². The average Bonchev–Trinajstić information content (AvgIpc) is 2.35. The minimum absolute atomic E-state index is 0.305. The van der Waals surface area contributed by atoms with Crippen molar-refractivity contribution in [2.75, 3.05) is 32.2 Å². The summed E-state index contributed by atoms with van der Waals surface area (Å²) in [5.41, 5.74) is 0. The Hall–Kier alpha value is -1.07. The predicted octanol–water partition coefficient (Wildman–Crippen LogP) is 2.37. The third-order valence-electron chi connectivity index (χ3n) is 2.01. The number of hydrogen-bond donors (Lipinski definition) is 1. The summed E-state index contributed by atoms with van der Waals surface area (Å²) in [6.45, 7) is 4.39. The van der Waals surface area contributed by atoms with Crippen LogP contribution < -0.4 is 10.1 Å². The van der Waals surface area contributed by atoms with Gasteiger partial charge in [-0.15, -0.1) is 0 Å². The van der Waals surface area contributed by atoms with Crippen LogP contribution in [0.15, 0.2) is 6.20 Å². The average molecular weight is 260 g/mol. The predicted molar refractivity (Wildman–Crippen MR) is 67.8 cm³/mol. The van der Waals surface area contributed by atoms with Crippen molar-refractivity contribution >= 4 is 17.4 Å². The molecule has 0 fully saturated rings.